The van der Waals surface area contributed by atoms with Crippen LogP contribution in [0.4, 0.5) is 5.13 Å². The van der Waals surface area contributed by atoms with Crippen molar-refractivity contribution in [2.24, 2.45) is 0 Å². The first kappa shape index (κ1) is 18.5. The van der Waals surface area contributed by atoms with E-state index in [1.54, 1.807) is 12.1 Å². The second-order valence-electron chi connectivity index (χ2n) is 5.56. The molecule has 0 aliphatic heterocycles. The number of ether oxygens (including phenoxy) is 1. The lowest BCUT2D eigenvalue weighted by Crippen LogP contribution is -2.11. The molecule has 0 aliphatic carbocycles. The highest BCUT2D eigenvalue weighted by atomic mass is 79.9. The van der Waals surface area contributed by atoms with E-state index < -0.39 is 0 Å². The first-order valence-electron chi connectivity index (χ1n) is 8.25. The Labute approximate surface area is 164 Å². The van der Waals surface area contributed by atoms with Crippen LogP contribution >= 0.6 is 27.3 Å². The fourth-order valence-electron chi connectivity index (χ4n) is 2.25. The molecule has 0 aliphatic rings. The van der Waals surface area contributed by atoms with Crippen LogP contribution in [-0.4, -0.2) is 22.7 Å². The number of anilines is 1. The van der Waals surface area contributed by atoms with E-state index in [1.165, 1.54) is 16.9 Å². The number of carbonyl (C=O) groups excluding carboxylic acids is 1. The van der Waals surface area contributed by atoms with E-state index in [9.17, 15) is 4.79 Å². The van der Waals surface area contributed by atoms with Gasteiger partial charge in [-0.1, -0.05) is 46.3 Å². The molecule has 0 bridgehead atoms. The highest BCUT2D eigenvalue weighted by Crippen LogP contribution is 2.18. The molecule has 1 aromatic heterocycles. The third-order valence-corrected chi connectivity index (χ3v) is 5.14. The van der Waals surface area contributed by atoms with Crippen LogP contribution in [0.2, 0.25) is 0 Å². The molecule has 3 rings (SSSR count). The number of carbonyl (C=O) groups is 1. The molecule has 0 spiro atoms. The Kier molecular flexibility index (Phi) is 6.35. The van der Waals surface area contributed by atoms with E-state index >= 15 is 0 Å². The summed E-state index contributed by atoms with van der Waals surface area (Å²) in [6.45, 7) is 2.64. The molecule has 1 heterocycles. The summed E-state index contributed by atoms with van der Waals surface area (Å²) in [6.07, 6.45) is 1.65. The third-order valence-electron chi connectivity index (χ3n) is 3.71. The predicted octanol–water partition coefficient (Wildman–Crippen LogP) is 4.74. The number of aryl methyl sites for hydroxylation is 1. The Hall–Kier alpha value is -2.25. The molecule has 1 amide bonds. The molecule has 2 aromatic carbocycles. The first-order chi connectivity index (χ1) is 12.6. The first-order valence-corrected chi connectivity index (χ1v) is 9.86. The fourth-order valence-corrected chi connectivity index (χ4v) is 3.23. The molecule has 0 saturated heterocycles. The van der Waals surface area contributed by atoms with Gasteiger partial charge >= 0.3 is 0 Å². The molecule has 0 fully saturated rings. The molecule has 26 heavy (non-hydrogen) atoms. The summed E-state index contributed by atoms with van der Waals surface area (Å²) in [5.74, 6) is 0.642. The summed E-state index contributed by atoms with van der Waals surface area (Å²) in [6, 6.07) is 15.2. The van der Waals surface area contributed by atoms with Crippen LogP contribution in [0, 0.1) is 0 Å². The van der Waals surface area contributed by atoms with E-state index in [1.807, 2.05) is 24.3 Å². The molecular weight excluding hydrogens is 414 g/mol. The van der Waals surface area contributed by atoms with Crippen molar-refractivity contribution in [1.29, 1.82) is 0 Å². The van der Waals surface area contributed by atoms with Crippen molar-refractivity contribution in [2.75, 3.05) is 11.9 Å². The maximum absolute atomic E-state index is 12.2. The van der Waals surface area contributed by atoms with E-state index in [-0.39, 0.29) is 5.91 Å². The van der Waals surface area contributed by atoms with Gasteiger partial charge in [0.15, 0.2) is 0 Å². The van der Waals surface area contributed by atoms with Gasteiger partial charge in [-0.3, -0.25) is 10.1 Å². The number of halogens is 1. The smallest absolute Gasteiger partial charge is 0.257 e. The van der Waals surface area contributed by atoms with Gasteiger partial charge in [0.25, 0.3) is 5.91 Å². The summed E-state index contributed by atoms with van der Waals surface area (Å²) in [5, 5.41) is 12.2. The maximum Gasteiger partial charge on any atom is 0.257 e. The van der Waals surface area contributed by atoms with Gasteiger partial charge < -0.3 is 4.74 Å². The van der Waals surface area contributed by atoms with Gasteiger partial charge in [0.05, 0.1) is 6.61 Å². The fraction of sp³-hybridized carbons (Fsp3) is 0.211. The highest BCUT2D eigenvalue weighted by Gasteiger charge is 2.10. The zero-order valence-corrected chi connectivity index (χ0v) is 16.6. The predicted molar refractivity (Wildman–Crippen MR) is 107 cm³/mol. The average molecular weight is 432 g/mol. The van der Waals surface area contributed by atoms with Gasteiger partial charge in [-0.05, 0) is 48.4 Å². The Morgan fingerprint density at radius 1 is 1.12 bits per heavy atom. The van der Waals surface area contributed by atoms with Crippen LogP contribution < -0.4 is 10.1 Å². The van der Waals surface area contributed by atoms with Crippen molar-refractivity contribution >= 4 is 38.3 Å². The van der Waals surface area contributed by atoms with Crippen LogP contribution in [0.5, 0.6) is 5.75 Å². The zero-order chi connectivity index (χ0) is 18.4. The average Bonchev–Trinajstić information content (AvgIpc) is 3.10. The molecular formula is C19H18BrN3O2S. The number of hydrogen-bond acceptors (Lipinski definition) is 5. The maximum atomic E-state index is 12.2. The van der Waals surface area contributed by atoms with Crippen LogP contribution in [0.1, 0.15) is 27.9 Å². The number of benzene rings is 2. The Morgan fingerprint density at radius 2 is 1.85 bits per heavy atom. The summed E-state index contributed by atoms with van der Waals surface area (Å²) in [4.78, 5) is 12.2. The second-order valence-corrected chi connectivity index (χ2v) is 7.54. The Morgan fingerprint density at radius 3 is 2.54 bits per heavy atom. The lowest BCUT2D eigenvalue weighted by Gasteiger charge is -2.05. The van der Waals surface area contributed by atoms with E-state index in [0.29, 0.717) is 23.7 Å². The minimum absolute atomic E-state index is 0.201. The van der Waals surface area contributed by atoms with Gasteiger partial charge in [0, 0.05) is 16.5 Å². The molecule has 0 atom stereocenters. The van der Waals surface area contributed by atoms with Crippen molar-refractivity contribution in [3.8, 4) is 5.75 Å². The summed E-state index contributed by atoms with van der Waals surface area (Å²) in [7, 11) is 0. The van der Waals surface area contributed by atoms with Crippen molar-refractivity contribution in [3.05, 3.63) is 69.1 Å². The summed E-state index contributed by atoms with van der Waals surface area (Å²) < 4.78 is 6.65. The Bertz CT molecular complexity index is 863. The topological polar surface area (TPSA) is 64.1 Å². The van der Waals surface area contributed by atoms with E-state index in [4.69, 9.17) is 4.74 Å². The van der Waals surface area contributed by atoms with Gasteiger partial charge in [-0.2, -0.15) is 0 Å². The standard InChI is InChI=1S/C19H18BrN3O2S/c1-2-13-3-9-16(10-4-13)25-12-11-17-22-23-19(26-17)21-18(24)14-5-7-15(20)8-6-14/h3-10H,2,11-12H2,1H3,(H,21,23,24). The van der Waals surface area contributed by atoms with Crippen LogP contribution in [-0.2, 0) is 12.8 Å². The van der Waals surface area contributed by atoms with Crippen molar-refractivity contribution < 1.29 is 9.53 Å². The third kappa shape index (κ3) is 5.12. The SMILES string of the molecule is CCc1ccc(OCCc2nnc(NC(=O)c3ccc(Br)cc3)s2)cc1. The van der Waals surface area contributed by atoms with E-state index in [0.717, 1.165) is 21.7 Å². The number of rotatable bonds is 7. The van der Waals surface area contributed by atoms with Gasteiger partial charge in [-0.25, -0.2) is 0 Å². The molecule has 7 heteroatoms. The number of aromatic nitrogens is 2. The molecule has 134 valence electrons. The normalized spacial score (nSPS) is 10.5. The van der Waals surface area contributed by atoms with Gasteiger partial charge in [-0.15, -0.1) is 10.2 Å². The lowest BCUT2D eigenvalue weighted by atomic mass is 10.2. The molecule has 0 unspecified atom stereocenters. The molecule has 5 nitrogen and oxygen atoms in total. The van der Waals surface area contributed by atoms with Crippen LogP contribution in [0.25, 0.3) is 0 Å². The minimum Gasteiger partial charge on any atom is -0.493 e. The van der Waals surface area contributed by atoms with E-state index in [2.05, 4.69) is 50.5 Å². The molecule has 3 aromatic rings. The Balaban J connectivity index is 1.49. The van der Waals surface area contributed by atoms with Gasteiger partial charge in [0.2, 0.25) is 5.13 Å². The van der Waals surface area contributed by atoms with Crippen molar-refractivity contribution in [3.63, 3.8) is 0 Å². The zero-order valence-electron chi connectivity index (χ0n) is 14.2. The summed E-state index contributed by atoms with van der Waals surface area (Å²) in [5.41, 5.74) is 1.86. The number of amides is 1. The largest absolute Gasteiger partial charge is 0.493 e. The van der Waals surface area contributed by atoms with Crippen molar-refractivity contribution in [1.82, 2.24) is 10.2 Å². The summed E-state index contributed by atoms with van der Waals surface area (Å²) >= 11 is 4.71. The molecule has 0 radical (unpaired) electrons. The van der Waals surface area contributed by atoms with Crippen LogP contribution in [0.3, 0.4) is 0 Å². The monoisotopic (exact) mass is 431 g/mol. The second kappa shape index (κ2) is 8.91. The highest BCUT2D eigenvalue weighted by molar-refractivity contribution is 9.10. The molecule has 0 saturated carbocycles. The van der Waals surface area contributed by atoms with Crippen LogP contribution in [0.15, 0.2) is 53.0 Å². The van der Waals surface area contributed by atoms with Gasteiger partial charge in [0.1, 0.15) is 10.8 Å². The lowest BCUT2D eigenvalue weighted by molar-refractivity contribution is 0.102. The minimum atomic E-state index is -0.201. The quantitative estimate of drug-likeness (QED) is 0.586. The number of nitrogens with one attached hydrogen (secondary N) is 1. The number of hydrogen-bond donors (Lipinski definition) is 1. The molecule has 1 N–H and O–H groups in total. The van der Waals surface area contributed by atoms with Crippen molar-refractivity contribution in [2.45, 2.75) is 19.8 Å². The number of nitrogens with zero attached hydrogens (tertiary/aromatic N) is 2.